The van der Waals surface area contributed by atoms with Crippen LogP contribution < -0.4 is 4.90 Å². The van der Waals surface area contributed by atoms with Crippen molar-refractivity contribution in [3.8, 4) is 5.82 Å². The van der Waals surface area contributed by atoms with Crippen molar-refractivity contribution in [1.29, 1.82) is 0 Å². The molecule has 2 aromatic heterocycles. The number of carbonyl (C=O) groups is 1. The fraction of sp³-hybridized carbons (Fsp3) is 0.333. The topological polar surface area (TPSA) is 41.4 Å². The number of nitrogens with zero attached hydrogens (tertiary/aromatic N) is 4. The summed E-state index contributed by atoms with van der Waals surface area (Å²) in [6.07, 6.45) is 7.01. The molecule has 3 fully saturated rings. The van der Waals surface area contributed by atoms with Crippen LogP contribution in [0.4, 0.5) is 5.69 Å². The molecule has 5 heteroatoms. The van der Waals surface area contributed by atoms with Gasteiger partial charge in [-0.2, -0.15) is 0 Å². The molecule has 1 spiro atoms. The largest absolute Gasteiger partial charge is 0.310 e. The second-order valence-electron chi connectivity index (χ2n) is 8.41. The number of para-hydroxylation sites is 1. The molecule has 3 atom stereocenters. The third-order valence-corrected chi connectivity index (χ3v) is 7.13. The van der Waals surface area contributed by atoms with Crippen molar-refractivity contribution in [2.24, 2.45) is 5.92 Å². The van der Waals surface area contributed by atoms with Crippen LogP contribution in [0.2, 0.25) is 0 Å². The van der Waals surface area contributed by atoms with Crippen LogP contribution >= 0.6 is 0 Å². The molecule has 3 saturated heterocycles. The van der Waals surface area contributed by atoms with Crippen molar-refractivity contribution in [2.45, 2.75) is 30.8 Å². The van der Waals surface area contributed by atoms with Crippen LogP contribution in [-0.4, -0.2) is 39.0 Å². The lowest BCUT2D eigenvalue weighted by Gasteiger charge is -2.33. The molecular formula is C24H24N4O. The standard InChI is InChI=1S/C24H24N4O/c29-23-24-12-7-15-28(24)21(16-18(24)17-27(23)19-8-2-1-3-9-19)20-10-6-14-26(20)22-11-4-5-13-25-22/h1-6,8-11,13-14,18,21H,7,12,15-17H2/t18-,21-,24-/m0/s1. The van der Waals surface area contributed by atoms with Crippen LogP contribution in [0.5, 0.6) is 0 Å². The minimum absolute atomic E-state index is 0.265. The van der Waals surface area contributed by atoms with Crippen LogP contribution in [-0.2, 0) is 4.79 Å². The van der Waals surface area contributed by atoms with Crippen LogP contribution in [0.25, 0.3) is 5.82 Å². The molecule has 1 aromatic carbocycles. The van der Waals surface area contributed by atoms with Gasteiger partial charge in [0, 0.05) is 36.2 Å². The normalized spacial score (nSPS) is 28.7. The van der Waals surface area contributed by atoms with Crippen LogP contribution in [0.15, 0.2) is 73.1 Å². The Labute approximate surface area is 170 Å². The van der Waals surface area contributed by atoms with E-state index in [2.05, 4.69) is 44.9 Å². The molecule has 6 rings (SSSR count). The second-order valence-corrected chi connectivity index (χ2v) is 8.41. The van der Waals surface area contributed by atoms with E-state index in [4.69, 9.17) is 0 Å². The number of pyridine rings is 1. The smallest absolute Gasteiger partial charge is 0.247 e. The fourth-order valence-corrected chi connectivity index (χ4v) is 5.97. The minimum atomic E-state index is -0.334. The first-order valence-corrected chi connectivity index (χ1v) is 10.5. The summed E-state index contributed by atoms with van der Waals surface area (Å²) < 4.78 is 2.19. The van der Waals surface area contributed by atoms with Crippen LogP contribution in [0.3, 0.4) is 0 Å². The molecule has 3 aromatic rings. The Balaban J connectivity index is 1.38. The molecule has 0 aliphatic carbocycles. The lowest BCUT2D eigenvalue weighted by Crippen LogP contribution is -2.49. The summed E-state index contributed by atoms with van der Waals surface area (Å²) in [4.78, 5) is 22.8. The number of amides is 1. The molecule has 0 bridgehead atoms. The van der Waals surface area contributed by atoms with E-state index in [-0.39, 0.29) is 11.6 Å². The number of rotatable bonds is 3. The Kier molecular flexibility index (Phi) is 3.68. The Morgan fingerprint density at radius 2 is 1.86 bits per heavy atom. The first-order valence-electron chi connectivity index (χ1n) is 10.5. The molecule has 1 amide bonds. The zero-order valence-corrected chi connectivity index (χ0v) is 16.3. The van der Waals surface area contributed by atoms with E-state index in [9.17, 15) is 4.79 Å². The Bertz CT molecular complexity index is 1050. The van der Waals surface area contributed by atoms with E-state index in [1.807, 2.05) is 47.5 Å². The maximum Gasteiger partial charge on any atom is 0.247 e. The van der Waals surface area contributed by atoms with Gasteiger partial charge < -0.3 is 9.47 Å². The first kappa shape index (κ1) is 17.0. The molecular weight excluding hydrogens is 360 g/mol. The van der Waals surface area contributed by atoms with Crippen molar-refractivity contribution in [3.63, 3.8) is 0 Å². The lowest BCUT2D eigenvalue weighted by atomic mass is 9.85. The minimum Gasteiger partial charge on any atom is -0.310 e. The van der Waals surface area contributed by atoms with Gasteiger partial charge in [-0.05, 0) is 62.2 Å². The monoisotopic (exact) mass is 384 g/mol. The number of carbonyl (C=O) groups excluding carboxylic acids is 1. The van der Waals surface area contributed by atoms with Gasteiger partial charge >= 0.3 is 0 Å². The maximum absolute atomic E-state index is 13.7. The molecule has 29 heavy (non-hydrogen) atoms. The number of aromatic nitrogens is 2. The van der Waals surface area contributed by atoms with Gasteiger partial charge in [-0.25, -0.2) is 4.98 Å². The van der Waals surface area contributed by atoms with Crippen LogP contribution in [0, 0.1) is 5.92 Å². The summed E-state index contributed by atoms with van der Waals surface area (Å²) in [5, 5.41) is 0. The fourth-order valence-electron chi connectivity index (χ4n) is 5.97. The summed E-state index contributed by atoms with van der Waals surface area (Å²) in [7, 11) is 0. The summed E-state index contributed by atoms with van der Waals surface area (Å²) in [6.45, 7) is 1.81. The Morgan fingerprint density at radius 3 is 2.69 bits per heavy atom. The number of hydrogen-bond acceptors (Lipinski definition) is 3. The Hall–Kier alpha value is -2.92. The van der Waals surface area contributed by atoms with Gasteiger partial charge in [-0.15, -0.1) is 0 Å². The average molecular weight is 384 g/mol. The van der Waals surface area contributed by atoms with Crippen molar-refractivity contribution < 1.29 is 4.79 Å². The quantitative estimate of drug-likeness (QED) is 0.689. The molecule has 3 aliphatic heterocycles. The third kappa shape index (κ3) is 2.31. The molecule has 0 saturated carbocycles. The summed E-state index contributed by atoms with van der Waals surface area (Å²) in [5.41, 5.74) is 1.94. The van der Waals surface area contributed by atoms with Gasteiger partial charge in [-0.1, -0.05) is 24.3 Å². The van der Waals surface area contributed by atoms with Gasteiger partial charge in [-0.3, -0.25) is 9.69 Å². The van der Waals surface area contributed by atoms with Gasteiger partial charge in [0.15, 0.2) is 0 Å². The SMILES string of the molecule is O=C1N(c2ccccc2)C[C@@H]2C[C@@H](c3cccn3-c3ccccn3)N3CCC[C@@]123. The van der Waals surface area contributed by atoms with Gasteiger partial charge in [0.25, 0.3) is 0 Å². The molecule has 0 unspecified atom stereocenters. The molecule has 3 aliphatic rings. The van der Waals surface area contributed by atoms with E-state index in [0.29, 0.717) is 11.8 Å². The average Bonchev–Trinajstić information content (AvgIpc) is 3.52. The predicted octanol–water partition coefficient (Wildman–Crippen LogP) is 3.81. The van der Waals surface area contributed by atoms with Gasteiger partial charge in [0.1, 0.15) is 11.4 Å². The zero-order valence-electron chi connectivity index (χ0n) is 16.3. The molecule has 5 heterocycles. The Morgan fingerprint density at radius 1 is 1.00 bits per heavy atom. The summed E-state index contributed by atoms with van der Waals surface area (Å²) in [6, 6.07) is 20.7. The maximum atomic E-state index is 13.7. The number of benzene rings is 1. The van der Waals surface area contributed by atoms with Gasteiger partial charge in [0.2, 0.25) is 5.91 Å². The highest BCUT2D eigenvalue weighted by atomic mass is 16.2. The molecule has 0 N–H and O–H groups in total. The van der Waals surface area contributed by atoms with E-state index in [0.717, 1.165) is 43.9 Å². The molecule has 0 radical (unpaired) electrons. The highest BCUT2D eigenvalue weighted by Crippen LogP contribution is 2.56. The van der Waals surface area contributed by atoms with Crippen LogP contribution in [0.1, 0.15) is 31.0 Å². The second kappa shape index (κ2) is 6.29. The highest BCUT2D eigenvalue weighted by Gasteiger charge is 2.65. The summed E-state index contributed by atoms with van der Waals surface area (Å²) in [5.74, 6) is 1.61. The summed E-state index contributed by atoms with van der Waals surface area (Å²) >= 11 is 0. The molecule has 5 nitrogen and oxygen atoms in total. The third-order valence-electron chi connectivity index (χ3n) is 7.13. The van der Waals surface area contributed by atoms with E-state index in [1.54, 1.807) is 0 Å². The van der Waals surface area contributed by atoms with Crippen molar-refractivity contribution in [3.05, 3.63) is 78.8 Å². The van der Waals surface area contributed by atoms with Crippen molar-refractivity contribution >= 4 is 11.6 Å². The zero-order chi connectivity index (χ0) is 19.4. The van der Waals surface area contributed by atoms with E-state index < -0.39 is 0 Å². The highest BCUT2D eigenvalue weighted by molar-refractivity contribution is 6.03. The van der Waals surface area contributed by atoms with Gasteiger partial charge in [0.05, 0.1) is 6.04 Å². The predicted molar refractivity (Wildman–Crippen MR) is 112 cm³/mol. The number of hydrogen-bond donors (Lipinski definition) is 0. The first-order chi connectivity index (χ1) is 14.3. The van der Waals surface area contributed by atoms with Crippen molar-refractivity contribution in [1.82, 2.24) is 14.5 Å². The lowest BCUT2D eigenvalue weighted by molar-refractivity contribution is -0.126. The number of anilines is 1. The van der Waals surface area contributed by atoms with Crippen molar-refractivity contribution in [2.75, 3.05) is 18.0 Å². The van der Waals surface area contributed by atoms with E-state index in [1.165, 1.54) is 5.69 Å². The molecule has 146 valence electrons. The van der Waals surface area contributed by atoms with E-state index >= 15 is 0 Å².